The van der Waals surface area contributed by atoms with Gasteiger partial charge in [-0.05, 0) is 39.8 Å². The molecule has 0 amide bonds. The number of rotatable bonds is 3. The van der Waals surface area contributed by atoms with Crippen LogP contribution in [0.15, 0.2) is 12.1 Å². The average Bonchev–Trinajstić information content (AvgIpc) is 2.63. The van der Waals surface area contributed by atoms with Gasteiger partial charge in [0.25, 0.3) is 0 Å². The lowest BCUT2D eigenvalue weighted by atomic mass is 10.2. The van der Waals surface area contributed by atoms with Crippen molar-refractivity contribution in [3.05, 3.63) is 33.4 Å². The van der Waals surface area contributed by atoms with Crippen LogP contribution >= 0.6 is 11.3 Å². The van der Waals surface area contributed by atoms with E-state index in [1.54, 1.807) is 11.3 Å². The molecule has 2 aromatic heterocycles. The quantitative estimate of drug-likeness (QED) is 0.891. The summed E-state index contributed by atoms with van der Waals surface area (Å²) in [6, 6.07) is 3.98. The van der Waals surface area contributed by atoms with Crippen LogP contribution in [-0.2, 0) is 0 Å². The molecule has 0 aliphatic carbocycles. The Balaban J connectivity index is 2.18. The first-order chi connectivity index (χ1) is 8.47. The SMILES string of the molecule is Cc1nc(C)c(C(C)Nc2ccc(N)c(C)n2)s1. The Morgan fingerprint density at radius 3 is 2.44 bits per heavy atom. The molecule has 0 saturated carbocycles. The molecule has 0 fully saturated rings. The summed E-state index contributed by atoms with van der Waals surface area (Å²) in [5.41, 5.74) is 8.42. The van der Waals surface area contributed by atoms with Gasteiger partial charge >= 0.3 is 0 Å². The van der Waals surface area contributed by atoms with Crippen molar-refractivity contribution in [3.63, 3.8) is 0 Å². The molecule has 0 bridgehead atoms. The summed E-state index contributed by atoms with van der Waals surface area (Å²) in [7, 11) is 0. The first-order valence-corrected chi connectivity index (χ1v) is 6.72. The van der Waals surface area contributed by atoms with E-state index in [1.165, 1.54) is 4.88 Å². The third-order valence-electron chi connectivity index (χ3n) is 2.82. The Bertz CT molecular complexity index is 562. The fourth-order valence-electron chi connectivity index (χ4n) is 1.89. The first-order valence-electron chi connectivity index (χ1n) is 5.91. The minimum Gasteiger partial charge on any atom is -0.397 e. The predicted octanol–water partition coefficient (Wildman–Crippen LogP) is 3.22. The summed E-state index contributed by atoms with van der Waals surface area (Å²) in [6.45, 7) is 8.10. The van der Waals surface area contributed by atoms with Crippen LogP contribution in [0.25, 0.3) is 0 Å². The minimum absolute atomic E-state index is 0.201. The molecule has 1 unspecified atom stereocenters. The lowest BCUT2D eigenvalue weighted by Gasteiger charge is -2.14. The molecule has 5 heteroatoms. The normalized spacial score (nSPS) is 12.4. The van der Waals surface area contributed by atoms with Gasteiger partial charge in [0, 0.05) is 4.88 Å². The smallest absolute Gasteiger partial charge is 0.126 e. The van der Waals surface area contributed by atoms with Crippen LogP contribution in [0.1, 0.15) is 34.2 Å². The number of pyridine rings is 1. The van der Waals surface area contributed by atoms with Crippen LogP contribution in [0, 0.1) is 20.8 Å². The lowest BCUT2D eigenvalue weighted by Crippen LogP contribution is -2.08. The summed E-state index contributed by atoms with van der Waals surface area (Å²) in [4.78, 5) is 10.1. The highest BCUT2D eigenvalue weighted by Gasteiger charge is 2.13. The highest BCUT2D eigenvalue weighted by molar-refractivity contribution is 7.11. The van der Waals surface area contributed by atoms with E-state index in [1.807, 2.05) is 32.9 Å². The summed E-state index contributed by atoms with van der Waals surface area (Å²) in [6.07, 6.45) is 0. The van der Waals surface area contributed by atoms with E-state index >= 15 is 0 Å². The molecule has 0 aliphatic rings. The zero-order valence-corrected chi connectivity index (χ0v) is 11.9. The number of nitrogens with zero attached hydrogens (tertiary/aromatic N) is 2. The monoisotopic (exact) mass is 262 g/mol. The van der Waals surface area contributed by atoms with E-state index in [2.05, 4.69) is 22.2 Å². The maximum absolute atomic E-state index is 5.76. The van der Waals surface area contributed by atoms with Gasteiger partial charge in [-0.15, -0.1) is 11.3 Å². The van der Waals surface area contributed by atoms with Crippen molar-refractivity contribution in [3.8, 4) is 0 Å². The second-order valence-corrected chi connectivity index (χ2v) is 5.65. The van der Waals surface area contributed by atoms with E-state index in [9.17, 15) is 0 Å². The fourth-order valence-corrected chi connectivity index (χ4v) is 2.82. The molecule has 0 radical (unpaired) electrons. The number of nitrogen functional groups attached to an aromatic ring is 1. The number of aryl methyl sites for hydroxylation is 3. The van der Waals surface area contributed by atoms with Crippen LogP contribution in [0.4, 0.5) is 11.5 Å². The Morgan fingerprint density at radius 1 is 1.17 bits per heavy atom. The molecule has 2 aromatic rings. The zero-order valence-electron chi connectivity index (χ0n) is 11.1. The first kappa shape index (κ1) is 12.8. The van der Waals surface area contributed by atoms with E-state index in [0.717, 1.165) is 27.9 Å². The third-order valence-corrected chi connectivity index (χ3v) is 4.08. The van der Waals surface area contributed by atoms with Crippen molar-refractivity contribution < 1.29 is 0 Å². The molecule has 0 saturated heterocycles. The van der Waals surface area contributed by atoms with Gasteiger partial charge in [-0.1, -0.05) is 0 Å². The molecule has 1 atom stereocenters. The van der Waals surface area contributed by atoms with Gasteiger partial charge in [0.15, 0.2) is 0 Å². The molecule has 2 rings (SSSR count). The van der Waals surface area contributed by atoms with Crippen molar-refractivity contribution in [1.82, 2.24) is 9.97 Å². The number of nitrogens with two attached hydrogens (primary N) is 1. The number of anilines is 2. The summed E-state index contributed by atoms with van der Waals surface area (Å²) >= 11 is 1.72. The van der Waals surface area contributed by atoms with Gasteiger partial charge in [-0.3, -0.25) is 0 Å². The standard InChI is InChI=1S/C13H18N4S/c1-7-11(14)5-6-12(16-7)17-9(3)13-8(2)15-10(4)18-13/h5-6,9H,14H2,1-4H3,(H,16,17). The highest BCUT2D eigenvalue weighted by atomic mass is 32.1. The van der Waals surface area contributed by atoms with Crippen molar-refractivity contribution >= 4 is 22.8 Å². The Kier molecular flexibility index (Phi) is 3.52. The zero-order chi connectivity index (χ0) is 13.3. The second-order valence-electron chi connectivity index (χ2n) is 4.42. The van der Waals surface area contributed by atoms with Crippen molar-refractivity contribution in [2.24, 2.45) is 0 Å². The predicted molar refractivity (Wildman–Crippen MR) is 77.0 cm³/mol. The van der Waals surface area contributed by atoms with Gasteiger partial charge in [-0.2, -0.15) is 0 Å². The number of thiazole rings is 1. The van der Waals surface area contributed by atoms with Crippen molar-refractivity contribution in [2.75, 3.05) is 11.1 Å². The molecule has 0 spiro atoms. The van der Waals surface area contributed by atoms with E-state index in [-0.39, 0.29) is 6.04 Å². The number of hydrogen-bond donors (Lipinski definition) is 2. The summed E-state index contributed by atoms with van der Waals surface area (Å²) in [5.74, 6) is 0.847. The Hall–Kier alpha value is -1.62. The van der Waals surface area contributed by atoms with Gasteiger partial charge in [0.2, 0.25) is 0 Å². The van der Waals surface area contributed by atoms with E-state index in [0.29, 0.717) is 0 Å². The van der Waals surface area contributed by atoms with E-state index < -0.39 is 0 Å². The van der Waals surface area contributed by atoms with Crippen molar-refractivity contribution in [1.29, 1.82) is 0 Å². The topological polar surface area (TPSA) is 63.8 Å². The largest absolute Gasteiger partial charge is 0.397 e. The van der Waals surface area contributed by atoms with Gasteiger partial charge < -0.3 is 11.1 Å². The fraction of sp³-hybridized carbons (Fsp3) is 0.385. The van der Waals surface area contributed by atoms with Gasteiger partial charge in [0.05, 0.1) is 28.1 Å². The maximum atomic E-state index is 5.76. The second kappa shape index (κ2) is 4.94. The molecular weight excluding hydrogens is 244 g/mol. The summed E-state index contributed by atoms with van der Waals surface area (Å²) < 4.78 is 0. The van der Waals surface area contributed by atoms with Crippen molar-refractivity contribution in [2.45, 2.75) is 33.7 Å². The van der Waals surface area contributed by atoms with Crippen LogP contribution in [0.2, 0.25) is 0 Å². The van der Waals surface area contributed by atoms with Crippen LogP contribution in [-0.4, -0.2) is 9.97 Å². The van der Waals surface area contributed by atoms with Gasteiger partial charge in [0.1, 0.15) is 5.82 Å². The molecule has 0 aromatic carbocycles. The highest BCUT2D eigenvalue weighted by Crippen LogP contribution is 2.27. The molecule has 4 nitrogen and oxygen atoms in total. The maximum Gasteiger partial charge on any atom is 0.126 e. The molecule has 2 heterocycles. The molecular formula is C13H18N4S. The summed E-state index contributed by atoms with van der Waals surface area (Å²) in [5, 5.41) is 4.48. The minimum atomic E-state index is 0.201. The van der Waals surface area contributed by atoms with Gasteiger partial charge in [-0.25, -0.2) is 9.97 Å². The molecule has 3 N–H and O–H groups in total. The number of nitrogens with one attached hydrogen (secondary N) is 1. The Morgan fingerprint density at radius 2 is 1.89 bits per heavy atom. The lowest BCUT2D eigenvalue weighted by molar-refractivity contribution is 0.878. The number of aromatic nitrogens is 2. The molecule has 96 valence electrons. The van der Waals surface area contributed by atoms with Crippen LogP contribution < -0.4 is 11.1 Å². The van der Waals surface area contributed by atoms with Crippen LogP contribution in [0.5, 0.6) is 0 Å². The van der Waals surface area contributed by atoms with E-state index in [4.69, 9.17) is 5.73 Å². The van der Waals surface area contributed by atoms with Crippen LogP contribution in [0.3, 0.4) is 0 Å². The molecule has 0 aliphatic heterocycles. The average molecular weight is 262 g/mol. The third kappa shape index (κ3) is 2.61. The number of hydrogen-bond acceptors (Lipinski definition) is 5. The Labute approximate surface area is 111 Å². The molecule has 18 heavy (non-hydrogen) atoms.